The zero-order valence-corrected chi connectivity index (χ0v) is 14.3. The molecular weight excluding hydrogens is 357 g/mol. The molecule has 2 aromatic carbocycles. The van der Waals surface area contributed by atoms with Crippen molar-refractivity contribution >= 4 is 31.6 Å². The van der Waals surface area contributed by atoms with Gasteiger partial charge in [-0.25, -0.2) is 12.8 Å². The van der Waals surface area contributed by atoms with Gasteiger partial charge in [-0.05, 0) is 71.2 Å². The van der Waals surface area contributed by atoms with Crippen molar-refractivity contribution in [3.63, 3.8) is 0 Å². The maximum absolute atomic E-state index is 13.1. The fourth-order valence-corrected chi connectivity index (χ4v) is 4.29. The van der Waals surface area contributed by atoms with Crippen molar-refractivity contribution in [2.24, 2.45) is 0 Å². The maximum Gasteiger partial charge on any atom is 0.265 e. The number of benzene rings is 2. The van der Waals surface area contributed by atoms with Crippen LogP contribution in [0.4, 0.5) is 10.1 Å². The Morgan fingerprint density at radius 1 is 1.05 bits per heavy atom. The number of hydrogen-bond acceptors (Lipinski definition) is 2. The summed E-state index contributed by atoms with van der Waals surface area (Å²) in [5.74, 6) is -0.491. The Kier molecular flexibility index (Phi) is 4.39. The van der Waals surface area contributed by atoms with Crippen LogP contribution in [0.15, 0.2) is 45.8 Å². The summed E-state index contributed by atoms with van der Waals surface area (Å²) in [4.78, 5) is 0.0329. The highest BCUT2D eigenvalue weighted by atomic mass is 79.9. The number of halogens is 2. The highest BCUT2D eigenvalue weighted by molar-refractivity contribution is 9.10. The molecule has 112 valence electrons. The third-order valence-electron chi connectivity index (χ3n) is 3.10. The largest absolute Gasteiger partial charge is 0.269 e. The highest BCUT2D eigenvalue weighted by Gasteiger charge is 2.24. The quantitative estimate of drug-likeness (QED) is 0.816. The van der Waals surface area contributed by atoms with Crippen LogP contribution < -0.4 is 4.31 Å². The van der Waals surface area contributed by atoms with Gasteiger partial charge in [-0.3, -0.25) is 4.31 Å². The van der Waals surface area contributed by atoms with Gasteiger partial charge >= 0.3 is 0 Å². The smallest absolute Gasteiger partial charge is 0.265 e. The number of hydrogen-bond donors (Lipinski definition) is 0. The molecule has 0 amide bonds. The normalized spacial score (nSPS) is 11.5. The lowest BCUT2D eigenvalue weighted by Gasteiger charge is -2.21. The Hall–Kier alpha value is -1.40. The van der Waals surface area contributed by atoms with E-state index >= 15 is 0 Å². The fourth-order valence-electron chi connectivity index (χ4n) is 2.10. The number of aryl methyl sites for hydroxylation is 2. The van der Waals surface area contributed by atoms with Crippen molar-refractivity contribution in [2.45, 2.75) is 18.7 Å². The molecular formula is C15H15BrFNO2S. The van der Waals surface area contributed by atoms with E-state index < -0.39 is 15.8 Å². The molecule has 0 saturated heterocycles. The van der Waals surface area contributed by atoms with Crippen molar-refractivity contribution < 1.29 is 12.8 Å². The van der Waals surface area contributed by atoms with Crippen molar-refractivity contribution in [1.82, 2.24) is 0 Å². The van der Waals surface area contributed by atoms with E-state index in [-0.39, 0.29) is 9.37 Å². The topological polar surface area (TPSA) is 37.4 Å². The molecule has 2 aromatic rings. The zero-order valence-electron chi connectivity index (χ0n) is 11.9. The zero-order chi connectivity index (χ0) is 15.8. The molecule has 21 heavy (non-hydrogen) atoms. The van der Waals surface area contributed by atoms with Crippen molar-refractivity contribution in [2.75, 3.05) is 11.4 Å². The van der Waals surface area contributed by atoms with Gasteiger partial charge in [0.05, 0.1) is 5.69 Å². The van der Waals surface area contributed by atoms with E-state index in [9.17, 15) is 12.8 Å². The van der Waals surface area contributed by atoms with Gasteiger partial charge < -0.3 is 0 Å². The molecule has 0 N–H and O–H groups in total. The molecule has 0 atom stereocenters. The van der Waals surface area contributed by atoms with E-state index in [1.54, 1.807) is 12.1 Å². The van der Waals surface area contributed by atoms with Crippen LogP contribution in [-0.4, -0.2) is 15.5 Å². The summed E-state index contributed by atoms with van der Waals surface area (Å²) in [5, 5.41) is 0. The van der Waals surface area contributed by atoms with E-state index in [0.29, 0.717) is 5.69 Å². The van der Waals surface area contributed by atoms with Crippen molar-refractivity contribution in [3.05, 3.63) is 57.8 Å². The van der Waals surface area contributed by atoms with Crippen LogP contribution in [0.1, 0.15) is 11.1 Å². The van der Waals surface area contributed by atoms with E-state index in [0.717, 1.165) is 23.3 Å². The number of nitrogens with zero attached hydrogens (tertiary/aromatic N) is 1. The molecule has 0 fully saturated rings. The van der Waals surface area contributed by atoms with Gasteiger partial charge in [-0.2, -0.15) is 0 Å². The second-order valence-corrected chi connectivity index (χ2v) is 7.69. The van der Waals surface area contributed by atoms with Crippen LogP contribution in [0.25, 0.3) is 0 Å². The molecule has 6 heteroatoms. The minimum absolute atomic E-state index is 0.0329. The Balaban J connectivity index is 2.52. The summed E-state index contributed by atoms with van der Waals surface area (Å²) in [6.45, 7) is 3.82. The molecule has 2 rings (SSSR count). The minimum atomic E-state index is -3.75. The molecule has 0 unspecified atom stereocenters. The summed E-state index contributed by atoms with van der Waals surface area (Å²) in [6.07, 6.45) is 0. The molecule has 0 aliphatic heterocycles. The Labute approximate surface area is 132 Å². The average Bonchev–Trinajstić information content (AvgIpc) is 2.36. The summed E-state index contributed by atoms with van der Waals surface area (Å²) in [6, 6.07) is 9.09. The van der Waals surface area contributed by atoms with Gasteiger partial charge in [0.1, 0.15) is 10.7 Å². The first-order valence-corrected chi connectivity index (χ1v) is 8.47. The Morgan fingerprint density at radius 2 is 1.62 bits per heavy atom. The summed E-state index contributed by atoms with van der Waals surface area (Å²) >= 11 is 3.11. The predicted molar refractivity (Wildman–Crippen MR) is 85.6 cm³/mol. The SMILES string of the molecule is Cc1cc(C)cc(N(C)S(=O)(=O)c2ccc(F)cc2Br)c1. The summed E-state index contributed by atoms with van der Waals surface area (Å²) < 4.78 is 39.9. The second-order valence-electron chi connectivity index (χ2n) is 4.89. The summed E-state index contributed by atoms with van der Waals surface area (Å²) in [5.41, 5.74) is 2.53. The fraction of sp³-hybridized carbons (Fsp3) is 0.200. The first-order chi connectivity index (χ1) is 9.71. The molecule has 0 bridgehead atoms. The van der Waals surface area contributed by atoms with Crippen LogP contribution in [0.5, 0.6) is 0 Å². The third kappa shape index (κ3) is 3.27. The maximum atomic E-state index is 13.1. The molecule has 0 spiro atoms. The summed E-state index contributed by atoms with van der Waals surface area (Å²) in [7, 11) is -2.27. The van der Waals surface area contributed by atoms with E-state index in [1.807, 2.05) is 19.9 Å². The van der Waals surface area contributed by atoms with E-state index in [4.69, 9.17) is 0 Å². The highest BCUT2D eigenvalue weighted by Crippen LogP contribution is 2.29. The Bertz CT molecular complexity index is 770. The first kappa shape index (κ1) is 16.0. The van der Waals surface area contributed by atoms with E-state index in [1.165, 1.54) is 17.4 Å². The van der Waals surface area contributed by atoms with Crippen LogP contribution >= 0.6 is 15.9 Å². The van der Waals surface area contributed by atoms with Crippen LogP contribution in [0.2, 0.25) is 0 Å². The van der Waals surface area contributed by atoms with Crippen LogP contribution in [-0.2, 0) is 10.0 Å². The van der Waals surface area contributed by atoms with Gasteiger partial charge in [-0.15, -0.1) is 0 Å². The lowest BCUT2D eigenvalue weighted by Crippen LogP contribution is -2.27. The van der Waals surface area contributed by atoms with Gasteiger partial charge in [0, 0.05) is 11.5 Å². The van der Waals surface area contributed by atoms with Crippen LogP contribution in [0, 0.1) is 19.7 Å². The monoisotopic (exact) mass is 371 g/mol. The standard InChI is InChI=1S/C15H15BrFNO2S/c1-10-6-11(2)8-13(7-10)18(3)21(19,20)15-5-4-12(17)9-14(15)16/h4-9H,1-3H3. The number of sulfonamides is 1. The number of anilines is 1. The first-order valence-electron chi connectivity index (χ1n) is 6.24. The lowest BCUT2D eigenvalue weighted by molar-refractivity contribution is 0.592. The predicted octanol–water partition coefficient (Wildman–Crippen LogP) is 4.03. The number of rotatable bonds is 3. The molecule has 0 saturated carbocycles. The van der Waals surface area contributed by atoms with Crippen molar-refractivity contribution in [1.29, 1.82) is 0 Å². The van der Waals surface area contributed by atoms with Crippen molar-refractivity contribution in [3.8, 4) is 0 Å². The van der Waals surface area contributed by atoms with Gasteiger partial charge in [-0.1, -0.05) is 6.07 Å². The molecule has 0 radical (unpaired) electrons. The Morgan fingerprint density at radius 3 is 2.14 bits per heavy atom. The van der Waals surface area contributed by atoms with E-state index in [2.05, 4.69) is 15.9 Å². The lowest BCUT2D eigenvalue weighted by atomic mass is 10.1. The minimum Gasteiger partial charge on any atom is -0.269 e. The average molecular weight is 372 g/mol. The van der Waals surface area contributed by atoms with Gasteiger partial charge in [0.15, 0.2) is 0 Å². The molecule has 0 aliphatic rings. The molecule has 0 aromatic heterocycles. The van der Waals surface area contributed by atoms with Crippen LogP contribution in [0.3, 0.4) is 0 Å². The van der Waals surface area contributed by atoms with Gasteiger partial charge in [0.2, 0.25) is 0 Å². The van der Waals surface area contributed by atoms with Gasteiger partial charge in [0.25, 0.3) is 10.0 Å². The molecule has 0 heterocycles. The molecule has 3 nitrogen and oxygen atoms in total. The second kappa shape index (κ2) is 5.77. The molecule has 0 aliphatic carbocycles. The third-order valence-corrected chi connectivity index (χ3v) is 5.86.